The average molecular weight is 406 g/mol. The van der Waals surface area contributed by atoms with Crippen molar-refractivity contribution in [3.8, 4) is 0 Å². The molecule has 1 aliphatic heterocycles. The minimum Gasteiger partial charge on any atom is -0.450 e. The standard InChI is InChI=1S/C18H19N3O4S2/c1-2-25-18(24)21-8-7-12-13(10-21)27-17(15(12)16(19)23)20-14(22)6-5-11-4-3-9-26-11/h3-6,9H,2,7-8,10H2,1H3,(H2,19,23)(H,20,22)/b6-5+. The number of hydrogen-bond acceptors (Lipinski definition) is 6. The third kappa shape index (κ3) is 4.37. The summed E-state index contributed by atoms with van der Waals surface area (Å²) in [6, 6.07) is 3.80. The first-order valence-corrected chi connectivity index (χ1v) is 10.1. The van der Waals surface area contributed by atoms with Gasteiger partial charge in [-0.2, -0.15) is 0 Å². The molecule has 2 aromatic heterocycles. The van der Waals surface area contributed by atoms with Crippen molar-refractivity contribution in [1.29, 1.82) is 0 Å². The number of nitrogens with two attached hydrogens (primary N) is 1. The molecule has 0 unspecified atom stereocenters. The zero-order valence-electron chi connectivity index (χ0n) is 14.7. The smallest absolute Gasteiger partial charge is 0.410 e. The van der Waals surface area contributed by atoms with Crippen molar-refractivity contribution < 1.29 is 19.1 Å². The minimum atomic E-state index is -0.588. The summed E-state index contributed by atoms with van der Waals surface area (Å²) in [7, 11) is 0. The third-order valence-electron chi connectivity index (χ3n) is 4.01. The molecule has 0 saturated carbocycles. The highest BCUT2D eigenvalue weighted by Crippen LogP contribution is 2.37. The van der Waals surface area contributed by atoms with Gasteiger partial charge in [-0.1, -0.05) is 6.07 Å². The van der Waals surface area contributed by atoms with Crippen molar-refractivity contribution >= 4 is 51.7 Å². The Kier molecular flexibility index (Phi) is 5.92. The fourth-order valence-electron chi connectivity index (χ4n) is 2.82. The van der Waals surface area contributed by atoms with Crippen molar-refractivity contribution in [1.82, 2.24) is 4.90 Å². The lowest BCUT2D eigenvalue weighted by molar-refractivity contribution is -0.111. The van der Waals surface area contributed by atoms with Gasteiger partial charge >= 0.3 is 6.09 Å². The van der Waals surface area contributed by atoms with E-state index in [4.69, 9.17) is 10.5 Å². The molecule has 0 atom stereocenters. The van der Waals surface area contributed by atoms with Crippen LogP contribution in [0.4, 0.5) is 9.80 Å². The number of anilines is 1. The van der Waals surface area contributed by atoms with Gasteiger partial charge in [0.15, 0.2) is 0 Å². The molecule has 0 spiro atoms. The lowest BCUT2D eigenvalue weighted by Gasteiger charge is -2.26. The van der Waals surface area contributed by atoms with Crippen molar-refractivity contribution in [3.05, 3.63) is 44.5 Å². The molecule has 142 valence electrons. The molecule has 3 heterocycles. The molecule has 0 aromatic carbocycles. The molecular weight excluding hydrogens is 386 g/mol. The Morgan fingerprint density at radius 3 is 2.89 bits per heavy atom. The van der Waals surface area contributed by atoms with Crippen LogP contribution in [0.2, 0.25) is 0 Å². The first-order chi connectivity index (χ1) is 13.0. The van der Waals surface area contributed by atoms with Gasteiger partial charge in [0, 0.05) is 22.4 Å². The fraction of sp³-hybridized carbons (Fsp3) is 0.278. The summed E-state index contributed by atoms with van der Waals surface area (Å²) in [5, 5.41) is 5.08. The fourth-order valence-corrected chi connectivity index (χ4v) is 4.71. The summed E-state index contributed by atoms with van der Waals surface area (Å²) in [5.41, 5.74) is 6.67. The normalized spacial score (nSPS) is 13.4. The monoisotopic (exact) mass is 405 g/mol. The number of amides is 3. The van der Waals surface area contributed by atoms with Crippen LogP contribution in [0.1, 0.15) is 32.6 Å². The average Bonchev–Trinajstić information content (AvgIpc) is 3.26. The highest BCUT2D eigenvalue weighted by molar-refractivity contribution is 7.17. The molecule has 0 bridgehead atoms. The molecule has 0 fully saturated rings. The molecule has 0 aliphatic carbocycles. The molecule has 3 rings (SSSR count). The minimum absolute atomic E-state index is 0.303. The van der Waals surface area contributed by atoms with Crippen LogP contribution in [0.25, 0.3) is 6.08 Å². The highest BCUT2D eigenvalue weighted by Gasteiger charge is 2.29. The van der Waals surface area contributed by atoms with Gasteiger partial charge < -0.3 is 20.7 Å². The summed E-state index contributed by atoms with van der Waals surface area (Å²) in [5.74, 6) is -0.929. The number of nitrogens with zero attached hydrogens (tertiary/aromatic N) is 1. The van der Waals surface area contributed by atoms with Gasteiger partial charge in [0.2, 0.25) is 5.91 Å². The first-order valence-electron chi connectivity index (χ1n) is 8.38. The second-order valence-corrected chi connectivity index (χ2v) is 7.87. The molecule has 2 aromatic rings. The van der Waals surface area contributed by atoms with Gasteiger partial charge in [-0.05, 0) is 36.4 Å². The summed E-state index contributed by atoms with van der Waals surface area (Å²) in [4.78, 5) is 39.5. The second kappa shape index (κ2) is 8.36. The molecule has 0 saturated heterocycles. The van der Waals surface area contributed by atoms with Gasteiger partial charge in [-0.25, -0.2) is 4.79 Å². The maximum Gasteiger partial charge on any atom is 0.410 e. The van der Waals surface area contributed by atoms with Crippen molar-refractivity contribution in [2.24, 2.45) is 5.73 Å². The molecule has 27 heavy (non-hydrogen) atoms. The van der Waals surface area contributed by atoms with Gasteiger partial charge in [0.25, 0.3) is 5.91 Å². The van der Waals surface area contributed by atoms with Crippen LogP contribution in [0.15, 0.2) is 23.6 Å². The number of ether oxygens (including phenoxy) is 1. The van der Waals surface area contributed by atoms with Crippen LogP contribution in [-0.2, 0) is 22.5 Å². The van der Waals surface area contributed by atoms with Crippen molar-refractivity contribution in [2.45, 2.75) is 19.9 Å². The molecular formula is C18H19N3O4S2. The van der Waals surface area contributed by atoms with Crippen LogP contribution in [0.3, 0.4) is 0 Å². The summed E-state index contributed by atoms with van der Waals surface area (Å²) in [6.07, 6.45) is 3.23. The number of hydrogen-bond donors (Lipinski definition) is 2. The number of primary amides is 1. The van der Waals surface area contributed by atoms with Crippen LogP contribution in [0.5, 0.6) is 0 Å². The molecule has 3 N–H and O–H groups in total. The molecule has 3 amide bonds. The topological polar surface area (TPSA) is 102 Å². The second-order valence-electron chi connectivity index (χ2n) is 5.78. The van der Waals surface area contributed by atoms with Crippen molar-refractivity contribution in [3.63, 3.8) is 0 Å². The Morgan fingerprint density at radius 2 is 2.22 bits per heavy atom. The zero-order chi connectivity index (χ0) is 19.4. The summed E-state index contributed by atoms with van der Waals surface area (Å²) < 4.78 is 5.03. The number of thiophene rings is 2. The number of fused-ring (bicyclic) bond motifs is 1. The third-order valence-corrected chi connectivity index (χ3v) is 5.98. The van der Waals surface area contributed by atoms with Crippen LogP contribution in [-0.4, -0.2) is 36.0 Å². The maximum atomic E-state index is 12.2. The zero-order valence-corrected chi connectivity index (χ0v) is 16.3. The van der Waals surface area contributed by atoms with Crippen molar-refractivity contribution in [2.75, 3.05) is 18.5 Å². The van der Waals surface area contributed by atoms with Gasteiger partial charge in [0.05, 0.1) is 18.7 Å². The van der Waals surface area contributed by atoms with Crippen LogP contribution < -0.4 is 11.1 Å². The lowest BCUT2D eigenvalue weighted by Crippen LogP contribution is -2.36. The van der Waals surface area contributed by atoms with E-state index in [1.807, 2.05) is 17.5 Å². The van der Waals surface area contributed by atoms with Gasteiger partial charge in [-0.15, -0.1) is 22.7 Å². The Morgan fingerprint density at radius 1 is 1.41 bits per heavy atom. The quantitative estimate of drug-likeness (QED) is 0.746. The maximum absolute atomic E-state index is 12.2. The van der Waals surface area contributed by atoms with E-state index in [-0.39, 0.29) is 12.0 Å². The largest absolute Gasteiger partial charge is 0.450 e. The molecule has 1 aliphatic rings. The van der Waals surface area contributed by atoms with E-state index >= 15 is 0 Å². The highest BCUT2D eigenvalue weighted by atomic mass is 32.1. The predicted octanol–water partition coefficient (Wildman–Crippen LogP) is 3.08. The first kappa shape index (κ1) is 19.1. The van der Waals surface area contributed by atoms with Crippen LogP contribution in [0, 0.1) is 0 Å². The van der Waals surface area contributed by atoms with E-state index in [0.717, 1.165) is 15.3 Å². The van der Waals surface area contributed by atoms with E-state index in [9.17, 15) is 14.4 Å². The SMILES string of the molecule is CCOC(=O)N1CCc2c(sc(NC(=O)/C=C/c3cccs3)c2C(N)=O)C1. The number of rotatable bonds is 5. The Hall–Kier alpha value is -2.65. The van der Waals surface area contributed by atoms with Gasteiger partial charge in [0.1, 0.15) is 5.00 Å². The Balaban J connectivity index is 1.79. The van der Waals surface area contributed by atoms with E-state index < -0.39 is 5.91 Å². The van der Waals surface area contributed by atoms with E-state index in [1.165, 1.54) is 28.7 Å². The molecule has 0 radical (unpaired) electrons. The molecule has 7 nitrogen and oxygen atoms in total. The Labute approximate surface area is 164 Å². The number of carbonyl (C=O) groups is 3. The Bertz CT molecular complexity index is 887. The van der Waals surface area contributed by atoms with E-state index in [0.29, 0.717) is 36.7 Å². The van der Waals surface area contributed by atoms with Crippen LogP contribution >= 0.6 is 22.7 Å². The van der Waals surface area contributed by atoms with E-state index in [1.54, 1.807) is 17.9 Å². The number of nitrogens with one attached hydrogen (secondary N) is 1. The number of carbonyl (C=O) groups excluding carboxylic acids is 3. The predicted molar refractivity (Wildman–Crippen MR) is 106 cm³/mol. The summed E-state index contributed by atoms with van der Waals surface area (Å²) >= 11 is 2.79. The molecule has 9 heteroatoms. The van der Waals surface area contributed by atoms with Gasteiger partial charge in [-0.3, -0.25) is 9.59 Å². The lowest BCUT2D eigenvalue weighted by atomic mass is 10.0. The van der Waals surface area contributed by atoms with E-state index in [2.05, 4.69) is 5.32 Å². The summed E-state index contributed by atoms with van der Waals surface area (Å²) in [6.45, 7) is 2.83.